The van der Waals surface area contributed by atoms with Gasteiger partial charge in [0.1, 0.15) is 0 Å². The van der Waals surface area contributed by atoms with Gasteiger partial charge in [-0.15, -0.1) is 22.7 Å². The summed E-state index contributed by atoms with van der Waals surface area (Å²) >= 11 is 15.9. The van der Waals surface area contributed by atoms with Crippen LogP contribution in [0.2, 0.25) is 0 Å². The van der Waals surface area contributed by atoms with Crippen LogP contribution in [0.1, 0.15) is 0 Å². The zero-order chi connectivity index (χ0) is 13.3. The summed E-state index contributed by atoms with van der Waals surface area (Å²) < 4.78 is 21.2. The first-order chi connectivity index (χ1) is 7.99. The molecule has 2 heterocycles. The van der Waals surface area contributed by atoms with Crippen molar-refractivity contribution in [2.45, 2.75) is 0 Å². The average molecular weight is 548 g/mol. The van der Waals surface area contributed by atoms with E-state index >= 15 is 0 Å². The van der Waals surface area contributed by atoms with E-state index in [-0.39, 0.29) is 0 Å². The van der Waals surface area contributed by atoms with Gasteiger partial charge in [-0.1, -0.05) is 0 Å². The highest BCUT2D eigenvalue weighted by molar-refractivity contribution is 9.12. The third-order valence-electron chi connectivity index (χ3n) is 1.08. The molecule has 0 radical (unpaired) electrons. The molecular weight excluding hydrogens is 544 g/mol. The minimum Gasteiger partial charge on any atom is -0.168 e. The zero-order valence-electron chi connectivity index (χ0n) is 7.86. The molecule has 0 aromatic carbocycles. The highest BCUT2D eigenvalue weighted by Crippen LogP contribution is 2.26. The normalized spacial score (nSPS) is 8.47. The van der Waals surface area contributed by atoms with Gasteiger partial charge in [0, 0.05) is 0 Å². The van der Waals surface area contributed by atoms with Gasteiger partial charge in [-0.2, -0.15) is 8.42 Å². The maximum absolute atomic E-state index is 8.29. The standard InChI is InChI=1S/2C4H2Br2S.O2S/c2*5-3-1-2-4(6)7-3;1-3-2/h2*1-2H;. The van der Waals surface area contributed by atoms with Gasteiger partial charge in [-0.05, 0) is 88.0 Å². The van der Waals surface area contributed by atoms with E-state index in [1.54, 1.807) is 22.7 Å². The van der Waals surface area contributed by atoms with Crippen LogP contribution in [0.3, 0.4) is 0 Å². The predicted molar refractivity (Wildman–Crippen MR) is 88.4 cm³/mol. The zero-order valence-corrected chi connectivity index (χ0v) is 16.7. The fraction of sp³-hybridized carbons (Fsp3) is 0. The summed E-state index contributed by atoms with van der Waals surface area (Å²) in [5.74, 6) is 0. The van der Waals surface area contributed by atoms with Crippen molar-refractivity contribution in [1.82, 2.24) is 0 Å². The van der Waals surface area contributed by atoms with E-state index in [0.717, 1.165) is 0 Å². The number of thiophene rings is 2. The molecule has 0 fully saturated rings. The van der Waals surface area contributed by atoms with E-state index in [1.165, 1.54) is 15.1 Å². The second-order valence-electron chi connectivity index (χ2n) is 2.16. The van der Waals surface area contributed by atoms with Crippen molar-refractivity contribution >= 4 is 98.0 Å². The Morgan fingerprint density at radius 1 is 0.706 bits per heavy atom. The van der Waals surface area contributed by atoms with Crippen LogP contribution in [-0.4, -0.2) is 8.42 Å². The van der Waals surface area contributed by atoms with Gasteiger partial charge >= 0.3 is 11.6 Å². The van der Waals surface area contributed by atoms with Crippen molar-refractivity contribution in [3.05, 3.63) is 39.4 Å². The summed E-state index contributed by atoms with van der Waals surface area (Å²) in [5.41, 5.74) is 0. The number of halogens is 4. The minimum absolute atomic E-state index is 0.750. The van der Waals surface area contributed by atoms with Gasteiger partial charge in [0.05, 0.1) is 15.1 Å². The van der Waals surface area contributed by atoms with Crippen LogP contribution < -0.4 is 0 Å². The lowest BCUT2D eigenvalue weighted by Gasteiger charge is -1.67. The van der Waals surface area contributed by atoms with Crippen molar-refractivity contribution in [1.29, 1.82) is 0 Å². The lowest BCUT2D eigenvalue weighted by Crippen LogP contribution is -1.30. The van der Waals surface area contributed by atoms with E-state index < -0.39 is 11.6 Å². The van der Waals surface area contributed by atoms with Crippen molar-refractivity contribution in [2.75, 3.05) is 0 Å². The summed E-state index contributed by atoms with van der Waals surface area (Å²) in [4.78, 5) is 0. The second-order valence-corrected chi connectivity index (χ2v) is 9.98. The largest absolute Gasteiger partial charge is 0.335 e. The first-order valence-corrected chi connectivity index (χ1v) is 9.20. The predicted octanol–water partition coefficient (Wildman–Crippen LogP) is 5.88. The van der Waals surface area contributed by atoms with E-state index in [0.29, 0.717) is 0 Å². The lowest BCUT2D eigenvalue weighted by atomic mass is 10.7. The van der Waals surface area contributed by atoms with Crippen molar-refractivity contribution in [2.24, 2.45) is 0 Å². The van der Waals surface area contributed by atoms with Crippen LogP contribution in [0.15, 0.2) is 39.4 Å². The van der Waals surface area contributed by atoms with Gasteiger partial charge in [-0.3, -0.25) is 0 Å². The molecule has 2 aromatic rings. The molecule has 0 amide bonds. The van der Waals surface area contributed by atoms with Crippen LogP contribution >= 0.6 is 86.4 Å². The Bertz CT molecular complexity index is 405. The SMILES string of the molecule is Brc1ccc(Br)s1.Brc1ccc(Br)s1.O=S=O. The van der Waals surface area contributed by atoms with E-state index in [1.807, 2.05) is 24.3 Å². The molecule has 0 N–H and O–H groups in total. The van der Waals surface area contributed by atoms with Crippen LogP contribution in [-0.2, 0) is 11.6 Å². The molecule has 0 saturated heterocycles. The Labute approximate surface area is 144 Å². The van der Waals surface area contributed by atoms with Crippen LogP contribution in [0.4, 0.5) is 0 Å². The van der Waals surface area contributed by atoms with Gasteiger partial charge in [0.25, 0.3) is 0 Å². The van der Waals surface area contributed by atoms with Crippen LogP contribution in [0.25, 0.3) is 0 Å². The fourth-order valence-corrected chi connectivity index (χ4v) is 5.43. The molecule has 0 aliphatic carbocycles. The summed E-state index contributed by atoms with van der Waals surface area (Å²) in [6, 6.07) is 8.03. The monoisotopic (exact) mass is 544 g/mol. The highest BCUT2D eigenvalue weighted by Gasteiger charge is 1.88. The van der Waals surface area contributed by atoms with E-state index in [4.69, 9.17) is 8.42 Å². The molecule has 0 saturated carbocycles. The summed E-state index contributed by atoms with van der Waals surface area (Å²) in [7, 11) is 0. The molecular formula is C8H4Br4O2S3. The van der Waals surface area contributed by atoms with E-state index in [2.05, 4.69) is 63.7 Å². The van der Waals surface area contributed by atoms with Gasteiger partial charge in [0.2, 0.25) is 0 Å². The quantitative estimate of drug-likeness (QED) is 0.413. The molecule has 9 heteroatoms. The van der Waals surface area contributed by atoms with Crippen LogP contribution in [0, 0.1) is 0 Å². The molecule has 94 valence electrons. The van der Waals surface area contributed by atoms with Gasteiger partial charge < -0.3 is 0 Å². The maximum atomic E-state index is 8.29. The smallest absolute Gasteiger partial charge is 0.168 e. The molecule has 2 aromatic heterocycles. The fourth-order valence-electron chi connectivity index (χ4n) is 0.584. The summed E-state index contributed by atoms with van der Waals surface area (Å²) in [6.07, 6.45) is 0. The molecule has 2 nitrogen and oxygen atoms in total. The lowest BCUT2D eigenvalue weighted by molar-refractivity contribution is 0.630. The van der Waals surface area contributed by atoms with Crippen molar-refractivity contribution in [3.63, 3.8) is 0 Å². The maximum Gasteiger partial charge on any atom is 0.335 e. The van der Waals surface area contributed by atoms with Crippen molar-refractivity contribution in [3.8, 4) is 0 Å². The Morgan fingerprint density at radius 2 is 0.882 bits per heavy atom. The minimum atomic E-state index is -0.750. The molecule has 0 bridgehead atoms. The number of hydrogen-bond acceptors (Lipinski definition) is 4. The Balaban J connectivity index is 0.000000247. The Morgan fingerprint density at radius 3 is 0.941 bits per heavy atom. The topological polar surface area (TPSA) is 34.1 Å². The Kier molecular flexibility index (Phi) is 11.7. The average Bonchev–Trinajstić information content (AvgIpc) is 2.78. The van der Waals surface area contributed by atoms with Crippen molar-refractivity contribution < 1.29 is 8.42 Å². The van der Waals surface area contributed by atoms with Crippen LogP contribution in [0.5, 0.6) is 0 Å². The molecule has 2 rings (SSSR count). The summed E-state index contributed by atoms with van der Waals surface area (Å²) in [5, 5.41) is 0. The number of hydrogen-bond donors (Lipinski definition) is 0. The first kappa shape index (κ1) is 18.1. The molecule has 0 aliphatic heterocycles. The third-order valence-corrected chi connectivity index (χ3v) is 5.40. The Hall–Kier alpha value is 1.14. The molecule has 0 spiro atoms. The highest BCUT2D eigenvalue weighted by atomic mass is 79.9. The molecule has 0 atom stereocenters. The van der Waals surface area contributed by atoms with E-state index in [9.17, 15) is 0 Å². The number of rotatable bonds is 0. The molecule has 0 unspecified atom stereocenters. The molecule has 17 heavy (non-hydrogen) atoms. The second kappa shape index (κ2) is 11.0. The summed E-state index contributed by atoms with van der Waals surface area (Å²) in [6.45, 7) is 0. The molecule has 0 aliphatic rings. The first-order valence-electron chi connectivity index (χ1n) is 3.73. The third kappa shape index (κ3) is 10.7. The van der Waals surface area contributed by atoms with Gasteiger partial charge in [-0.25, -0.2) is 0 Å². The van der Waals surface area contributed by atoms with Gasteiger partial charge in [0.15, 0.2) is 0 Å².